The van der Waals surface area contributed by atoms with E-state index >= 15 is 0 Å². The summed E-state index contributed by atoms with van der Waals surface area (Å²) in [4.78, 5) is 13.7. The van der Waals surface area contributed by atoms with Crippen molar-refractivity contribution in [2.24, 2.45) is 11.8 Å². The van der Waals surface area contributed by atoms with Crippen molar-refractivity contribution >= 4 is 5.91 Å². The quantitative estimate of drug-likeness (QED) is 0.700. The van der Waals surface area contributed by atoms with E-state index in [1.165, 1.54) is 0 Å². The molecule has 1 fully saturated rings. The molecule has 1 amide bonds. The maximum atomic E-state index is 11.8. The van der Waals surface area contributed by atoms with Crippen molar-refractivity contribution in [3.05, 3.63) is 0 Å². The first-order chi connectivity index (χ1) is 6.16. The molecular weight excluding hydrogens is 164 g/mol. The summed E-state index contributed by atoms with van der Waals surface area (Å²) in [5.41, 5.74) is 0. The Morgan fingerprint density at radius 3 is 2.69 bits per heavy atom. The predicted molar refractivity (Wildman–Crippen MR) is 53.5 cm³/mol. The van der Waals surface area contributed by atoms with E-state index in [2.05, 4.69) is 19.2 Å². The molecule has 1 heterocycles. The molecule has 2 unspecified atom stereocenters. The summed E-state index contributed by atoms with van der Waals surface area (Å²) >= 11 is 0. The summed E-state index contributed by atoms with van der Waals surface area (Å²) in [6.07, 6.45) is 1.04. The number of amides is 1. The van der Waals surface area contributed by atoms with Crippen LogP contribution in [0.25, 0.3) is 0 Å². The van der Waals surface area contributed by atoms with Crippen LogP contribution >= 0.6 is 0 Å². The molecule has 0 bridgehead atoms. The lowest BCUT2D eigenvalue weighted by Gasteiger charge is -2.22. The zero-order chi connectivity index (χ0) is 9.84. The second-order valence-corrected chi connectivity index (χ2v) is 4.00. The summed E-state index contributed by atoms with van der Waals surface area (Å²) in [5, 5.41) is 3.25. The van der Waals surface area contributed by atoms with Crippen molar-refractivity contribution in [2.75, 3.05) is 26.7 Å². The minimum Gasteiger partial charge on any atom is -0.345 e. The molecule has 1 saturated heterocycles. The average Bonchev–Trinajstić information content (AvgIpc) is 2.50. The van der Waals surface area contributed by atoms with Gasteiger partial charge in [-0.1, -0.05) is 13.8 Å². The number of hydrogen-bond acceptors (Lipinski definition) is 2. The highest BCUT2D eigenvalue weighted by molar-refractivity contribution is 5.79. The first kappa shape index (κ1) is 10.5. The van der Waals surface area contributed by atoms with Gasteiger partial charge in [0, 0.05) is 20.1 Å². The largest absolute Gasteiger partial charge is 0.345 e. The van der Waals surface area contributed by atoms with Gasteiger partial charge in [0.1, 0.15) is 0 Å². The predicted octanol–water partition coefficient (Wildman–Crippen LogP) is 0.710. The van der Waals surface area contributed by atoms with Crippen LogP contribution in [0.3, 0.4) is 0 Å². The molecule has 0 aromatic rings. The topological polar surface area (TPSA) is 32.3 Å². The molecule has 1 aliphatic heterocycles. The molecule has 1 rings (SSSR count). The maximum absolute atomic E-state index is 11.8. The van der Waals surface area contributed by atoms with Gasteiger partial charge >= 0.3 is 0 Å². The molecule has 76 valence electrons. The van der Waals surface area contributed by atoms with E-state index in [1.807, 2.05) is 11.9 Å². The molecular formula is C10H20N2O. The number of hydrogen-bond donors (Lipinski definition) is 1. The first-order valence-electron chi connectivity index (χ1n) is 5.12. The van der Waals surface area contributed by atoms with E-state index in [4.69, 9.17) is 0 Å². The molecule has 3 heteroatoms. The molecule has 0 aromatic heterocycles. The molecule has 0 saturated carbocycles. The van der Waals surface area contributed by atoms with Gasteiger partial charge in [-0.2, -0.15) is 0 Å². The Labute approximate surface area is 80.5 Å². The lowest BCUT2D eigenvalue weighted by molar-refractivity contribution is -0.134. The van der Waals surface area contributed by atoms with Crippen LogP contribution in [0.4, 0.5) is 0 Å². The summed E-state index contributed by atoms with van der Waals surface area (Å²) in [7, 11) is 1.90. The Kier molecular flexibility index (Phi) is 3.72. The molecule has 0 aromatic carbocycles. The number of carbonyl (C=O) groups is 1. The highest BCUT2D eigenvalue weighted by Gasteiger charge is 2.31. The van der Waals surface area contributed by atoms with Crippen LogP contribution < -0.4 is 5.32 Å². The van der Waals surface area contributed by atoms with Crippen molar-refractivity contribution in [1.82, 2.24) is 10.2 Å². The second-order valence-electron chi connectivity index (χ2n) is 4.00. The number of carbonyl (C=O) groups excluding carboxylic acids is 1. The van der Waals surface area contributed by atoms with Gasteiger partial charge in [-0.3, -0.25) is 4.79 Å². The highest BCUT2D eigenvalue weighted by atomic mass is 16.2. The van der Waals surface area contributed by atoms with Crippen LogP contribution in [0.15, 0.2) is 0 Å². The van der Waals surface area contributed by atoms with Crippen molar-refractivity contribution in [3.63, 3.8) is 0 Å². The highest BCUT2D eigenvalue weighted by Crippen LogP contribution is 2.17. The van der Waals surface area contributed by atoms with Crippen LogP contribution in [0.5, 0.6) is 0 Å². The van der Waals surface area contributed by atoms with Gasteiger partial charge in [-0.15, -0.1) is 0 Å². The summed E-state index contributed by atoms with van der Waals surface area (Å²) in [6, 6.07) is 0. The molecule has 1 N–H and O–H groups in total. The number of rotatable bonds is 3. The summed E-state index contributed by atoms with van der Waals surface area (Å²) in [5.74, 6) is 1.00. The fourth-order valence-corrected chi connectivity index (χ4v) is 1.87. The zero-order valence-electron chi connectivity index (χ0n) is 8.84. The van der Waals surface area contributed by atoms with Crippen LogP contribution in [0.2, 0.25) is 0 Å². The summed E-state index contributed by atoms with van der Waals surface area (Å²) in [6.45, 7) is 6.95. The van der Waals surface area contributed by atoms with Gasteiger partial charge in [-0.05, 0) is 18.9 Å². The lowest BCUT2D eigenvalue weighted by Crippen LogP contribution is -2.36. The van der Waals surface area contributed by atoms with Gasteiger partial charge in [-0.25, -0.2) is 0 Å². The Morgan fingerprint density at radius 1 is 1.54 bits per heavy atom. The Hall–Kier alpha value is -0.570. The third-order valence-corrected chi connectivity index (χ3v) is 2.77. The minimum absolute atomic E-state index is 0.205. The van der Waals surface area contributed by atoms with Gasteiger partial charge < -0.3 is 10.2 Å². The van der Waals surface area contributed by atoms with E-state index in [9.17, 15) is 4.79 Å². The summed E-state index contributed by atoms with van der Waals surface area (Å²) < 4.78 is 0. The second kappa shape index (κ2) is 4.61. The van der Waals surface area contributed by atoms with Crippen molar-refractivity contribution in [3.8, 4) is 0 Å². The smallest absolute Gasteiger partial charge is 0.227 e. The van der Waals surface area contributed by atoms with Gasteiger partial charge in [0.05, 0.1) is 5.92 Å². The molecule has 13 heavy (non-hydrogen) atoms. The van der Waals surface area contributed by atoms with Gasteiger partial charge in [0.15, 0.2) is 0 Å². The van der Waals surface area contributed by atoms with Crippen molar-refractivity contribution < 1.29 is 4.79 Å². The minimum atomic E-state index is 0.205. The van der Waals surface area contributed by atoms with E-state index in [0.717, 1.165) is 26.1 Å². The molecule has 0 spiro atoms. The molecule has 0 aliphatic carbocycles. The van der Waals surface area contributed by atoms with Crippen LogP contribution in [0.1, 0.15) is 20.3 Å². The Morgan fingerprint density at radius 2 is 2.23 bits per heavy atom. The fourth-order valence-electron chi connectivity index (χ4n) is 1.87. The van der Waals surface area contributed by atoms with E-state index in [1.54, 1.807) is 0 Å². The van der Waals surface area contributed by atoms with Gasteiger partial charge in [0.2, 0.25) is 5.91 Å². The molecule has 0 radical (unpaired) electrons. The fraction of sp³-hybridized carbons (Fsp3) is 0.900. The SMILES string of the molecule is CCCN(C)C(=O)C1CNCC1C. The van der Waals surface area contributed by atoms with Crippen molar-refractivity contribution in [2.45, 2.75) is 20.3 Å². The maximum Gasteiger partial charge on any atom is 0.227 e. The Balaban J connectivity index is 2.46. The lowest BCUT2D eigenvalue weighted by atomic mass is 9.97. The number of nitrogens with one attached hydrogen (secondary N) is 1. The van der Waals surface area contributed by atoms with E-state index < -0.39 is 0 Å². The van der Waals surface area contributed by atoms with E-state index in [0.29, 0.717) is 11.8 Å². The first-order valence-corrected chi connectivity index (χ1v) is 5.12. The zero-order valence-corrected chi connectivity index (χ0v) is 8.84. The molecule has 3 nitrogen and oxygen atoms in total. The average molecular weight is 184 g/mol. The van der Waals surface area contributed by atoms with E-state index in [-0.39, 0.29) is 5.92 Å². The Bertz CT molecular complexity index is 182. The molecule has 2 atom stereocenters. The number of nitrogens with zero attached hydrogens (tertiary/aromatic N) is 1. The van der Waals surface area contributed by atoms with Crippen LogP contribution in [0, 0.1) is 11.8 Å². The van der Waals surface area contributed by atoms with Crippen LogP contribution in [-0.4, -0.2) is 37.5 Å². The monoisotopic (exact) mass is 184 g/mol. The molecule has 1 aliphatic rings. The normalized spacial score (nSPS) is 27.6. The third-order valence-electron chi connectivity index (χ3n) is 2.77. The third kappa shape index (κ3) is 2.44. The standard InChI is InChI=1S/C10H20N2O/c1-4-5-12(3)10(13)9-7-11-6-8(9)2/h8-9,11H,4-7H2,1-3H3. The van der Waals surface area contributed by atoms with Crippen LogP contribution in [-0.2, 0) is 4.79 Å². The van der Waals surface area contributed by atoms with Crippen molar-refractivity contribution in [1.29, 1.82) is 0 Å². The van der Waals surface area contributed by atoms with Gasteiger partial charge in [0.25, 0.3) is 0 Å².